The van der Waals surface area contributed by atoms with Gasteiger partial charge in [0.1, 0.15) is 16.6 Å². The van der Waals surface area contributed by atoms with Crippen molar-refractivity contribution in [3.8, 4) is 0 Å². The monoisotopic (exact) mass is 456 g/mol. The second-order valence-corrected chi connectivity index (χ2v) is 6.66. The van der Waals surface area contributed by atoms with Gasteiger partial charge in [0.25, 0.3) is 0 Å². The Hall–Kier alpha value is -3.69. The maximum Gasteiger partial charge on any atom is 0.159 e. The van der Waals surface area contributed by atoms with Crippen LogP contribution in [0.4, 0.5) is 0 Å². The zero-order chi connectivity index (χ0) is 20.9. The maximum atomic E-state index is 4.91. The molecule has 6 heterocycles. The van der Waals surface area contributed by atoms with Gasteiger partial charge in [-0.2, -0.15) is 0 Å². The minimum Gasteiger partial charge on any atom is -0.341 e. The van der Waals surface area contributed by atoms with E-state index in [-0.39, 0.29) is 0 Å². The van der Waals surface area contributed by atoms with Crippen molar-refractivity contribution in [2.45, 2.75) is 0 Å². The number of fused-ring (bicyclic) bond motifs is 3. The minimum absolute atomic E-state index is 0.547. The standard InChI is InChI=1S/3C5H4N4S/c3*10-5-3-4(7-1-6-3)8-2-9-5/h3*1-2H,(H2,6,7,8,9,10). The van der Waals surface area contributed by atoms with Crippen LogP contribution in [0.5, 0.6) is 0 Å². The van der Waals surface area contributed by atoms with E-state index in [4.69, 9.17) is 36.7 Å². The molecule has 30 heavy (non-hydrogen) atoms. The fourth-order valence-corrected chi connectivity index (χ4v) is 2.97. The van der Waals surface area contributed by atoms with Crippen molar-refractivity contribution >= 4 is 70.1 Å². The van der Waals surface area contributed by atoms with Crippen LogP contribution in [0.2, 0.25) is 0 Å². The molecule has 15 heteroatoms. The molecule has 0 saturated carbocycles. The first kappa shape index (κ1) is 19.6. The van der Waals surface area contributed by atoms with Gasteiger partial charge in [0.2, 0.25) is 0 Å². The van der Waals surface area contributed by atoms with Crippen LogP contribution in [-0.4, -0.2) is 59.8 Å². The lowest BCUT2D eigenvalue weighted by Crippen LogP contribution is -1.80. The predicted molar refractivity (Wildman–Crippen MR) is 117 cm³/mol. The molecule has 0 aliphatic carbocycles. The lowest BCUT2D eigenvalue weighted by atomic mass is 10.6. The van der Waals surface area contributed by atoms with Gasteiger partial charge in [0, 0.05) is 0 Å². The predicted octanol–water partition coefficient (Wildman–Crippen LogP) is 3.05. The highest BCUT2D eigenvalue weighted by molar-refractivity contribution is 7.72. The molecule has 0 aliphatic rings. The molecule has 0 amide bonds. The highest BCUT2D eigenvalue weighted by Crippen LogP contribution is 2.04. The van der Waals surface area contributed by atoms with Gasteiger partial charge in [-0.3, -0.25) is 0 Å². The SMILES string of the molecule is S=c1nc[nH]c2nc[nH]c12.S=c1nc[nH]c2nc[nH]c12.S=c1nc[nH]c2nc[nH]c12. The molecule has 0 saturated heterocycles. The minimum atomic E-state index is 0.547. The average molecular weight is 457 g/mol. The Balaban J connectivity index is 0.000000109. The van der Waals surface area contributed by atoms with Crippen molar-refractivity contribution in [1.29, 1.82) is 0 Å². The van der Waals surface area contributed by atoms with E-state index >= 15 is 0 Å². The second-order valence-electron chi connectivity index (χ2n) is 5.50. The number of aromatic amines is 6. The van der Waals surface area contributed by atoms with E-state index in [9.17, 15) is 0 Å². The van der Waals surface area contributed by atoms with Crippen LogP contribution in [0.1, 0.15) is 0 Å². The Labute approximate surface area is 181 Å². The molecule has 0 unspecified atom stereocenters. The number of nitrogens with zero attached hydrogens (tertiary/aromatic N) is 6. The Morgan fingerprint density at radius 1 is 0.400 bits per heavy atom. The van der Waals surface area contributed by atoms with E-state index in [1.165, 1.54) is 19.0 Å². The molecule has 0 aromatic carbocycles. The van der Waals surface area contributed by atoms with Crippen LogP contribution in [0, 0.1) is 13.9 Å². The number of aromatic nitrogens is 12. The molecule has 0 atom stereocenters. The van der Waals surface area contributed by atoms with Crippen molar-refractivity contribution in [1.82, 2.24) is 59.8 Å². The molecular weight excluding hydrogens is 444 g/mol. The Morgan fingerprint density at radius 2 is 0.667 bits per heavy atom. The van der Waals surface area contributed by atoms with Gasteiger partial charge < -0.3 is 29.9 Å². The molecule has 6 rings (SSSR count). The summed E-state index contributed by atoms with van der Waals surface area (Å²) >= 11 is 14.7. The van der Waals surface area contributed by atoms with E-state index in [1.54, 1.807) is 19.0 Å². The normalized spacial score (nSPS) is 10.4. The van der Waals surface area contributed by atoms with Gasteiger partial charge in [0.05, 0.1) is 38.0 Å². The zero-order valence-corrected chi connectivity index (χ0v) is 17.3. The topological polar surface area (TPSA) is 172 Å². The van der Waals surface area contributed by atoms with Crippen LogP contribution in [-0.2, 0) is 0 Å². The lowest BCUT2D eigenvalue weighted by Gasteiger charge is -1.84. The molecule has 6 aromatic rings. The molecule has 0 bridgehead atoms. The average Bonchev–Trinajstić information content (AvgIpc) is 3.50. The van der Waals surface area contributed by atoms with Gasteiger partial charge >= 0.3 is 0 Å². The third-order valence-corrected chi connectivity index (χ3v) is 4.64. The summed E-state index contributed by atoms with van der Waals surface area (Å²) in [6.07, 6.45) is 9.35. The van der Waals surface area contributed by atoms with E-state index < -0.39 is 0 Å². The largest absolute Gasteiger partial charge is 0.341 e. The summed E-state index contributed by atoms with van der Waals surface area (Å²) < 4.78 is 1.64. The number of nitrogens with one attached hydrogen (secondary N) is 6. The number of hydrogen-bond acceptors (Lipinski definition) is 9. The molecular formula is C15H12N12S3. The van der Waals surface area contributed by atoms with Crippen molar-refractivity contribution in [2.75, 3.05) is 0 Å². The highest BCUT2D eigenvalue weighted by Gasteiger charge is 1.96. The molecule has 6 aromatic heterocycles. The molecule has 0 spiro atoms. The first-order valence-corrected chi connectivity index (χ1v) is 9.46. The van der Waals surface area contributed by atoms with E-state index in [0.717, 1.165) is 33.5 Å². The number of hydrogen-bond donors (Lipinski definition) is 6. The second kappa shape index (κ2) is 8.76. The molecule has 0 fully saturated rings. The maximum absolute atomic E-state index is 4.91. The zero-order valence-electron chi connectivity index (χ0n) is 14.9. The summed E-state index contributed by atoms with van der Waals surface area (Å²) in [6.45, 7) is 0. The summed E-state index contributed by atoms with van der Waals surface area (Å²) in [5.41, 5.74) is 4.62. The van der Waals surface area contributed by atoms with Gasteiger partial charge in [0.15, 0.2) is 30.9 Å². The van der Waals surface area contributed by atoms with E-state index in [0.29, 0.717) is 13.9 Å². The van der Waals surface area contributed by atoms with Crippen molar-refractivity contribution in [3.63, 3.8) is 0 Å². The van der Waals surface area contributed by atoms with E-state index in [1.807, 2.05) is 0 Å². The Kier molecular flexibility index (Phi) is 5.73. The molecule has 12 nitrogen and oxygen atoms in total. The summed E-state index contributed by atoms with van der Waals surface area (Å²) in [7, 11) is 0. The lowest BCUT2D eigenvalue weighted by molar-refractivity contribution is 1.18. The van der Waals surface area contributed by atoms with Crippen LogP contribution in [0.15, 0.2) is 38.0 Å². The van der Waals surface area contributed by atoms with Gasteiger partial charge in [-0.05, 0) is 0 Å². The molecule has 150 valence electrons. The first-order chi connectivity index (χ1) is 14.6. The van der Waals surface area contributed by atoms with Crippen molar-refractivity contribution in [2.24, 2.45) is 0 Å². The first-order valence-electron chi connectivity index (χ1n) is 8.24. The van der Waals surface area contributed by atoms with Gasteiger partial charge in [-0.1, -0.05) is 36.7 Å². The van der Waals surface area contributed by atoms with Crippen LogP contribution in [0.25, 0.3) is 33.5 Å². The number of H-pyrrole nitrogens is 6. The molecule has 6 N–H and O–H groups in total. The fraction of sp³-hybridized carbons (Fsp3) is 0. The quantitative estimate of drug-likeness (QED) is 0.188. The molecule has 0 aliphatic heterocycles. The van der Waals surface area contributed by atoms with Gasteiger partial charge in [-0.15, -0.1) is 0 Å². The van der Waals surface area contributed by atoms with Crippen molar-refractivity contribution < 1.29 is 0 Å². The summed E-state index contributed by atoms with van der Waals surface area (Å²) in [6, 6.07) is 0. The third kappa shape index (κ3) is 4.17. The van der Waals surface area contributed by atoms with Gasteiger partial charge in [-0.25, -0.2) is 29.9 Å². The van der Waals surface area contributed by atoms with Crippen LogP contribution in [0.3, 0.4) is 0 Å². The highest BCUT2D eigenvalue weighted by atomic mass is 32.1. The number of rotatable bonds is 0. The molecule has 0 radical (unpaired) electrons. The van der Waals surface area contributed by atoms with Crippen LogP contribution < -0.4 is 0 Å². The third-order valence-electron chi connectivity index (χ3n) is 3.71. The summed E-state index contributed by atoms with van der Waals surface area (Å²) in [5.74, 6) is 0. The number of imidazole rings is 3. The van der Waals surface area contributed by atoms with E-state index in [2.05, 4.69) is 59.8 Å². The summed E-state index contributed by atoms with van der Waals surface area (Å²) in [4.78, 5) is 40.7. The summed E-state index contributed by atoms with van der Waals surface area (Å²) in [5, 5.41) is 0. The smallest absolute Gasteiger partial charge is 0.159 e. The van der Waals surface area contributed by atoms with Crippen molar-refractivity contribution in [3.05, 3.63) is 51.9 Å². The fourth-order valence-electron chi connectivity index (χ4n) is 2.35. The van der Waals surface area contributed by atoms with Crippen LogP contribution >= 0.6 is 36.7 Å². The Morgan fingerprint density at radius 3 is 0.933 bits per heavy atom. The Bertz CT molecular complexity index is 1390.